The van der Waals surface area contributed by atoms with Crippen LogP contribution in [0, 0.1) is 0 Å². The van der Waals surface area contributed by atoms with Gasteiger partial charge in [0.05, 0.1) is 0 Å². The van der Waals surface area contributed by atoms with Crippen LogP contribution in [0.4, 0.5) is 0 Å². The minimum absolute atomic E-state index is 0.0475. The lowest BCUT2D eigenvalue weighted by molar-refractivity contribution is 0.0685. The Morgan fingerprint density at radius 3 is 2.77 bits per heavy atom. The van der Waals surface area contributed by atoms with Gasteiger partial charge in [-0.3, -0.25) is 0 Å². The Labute approximate surface area is 87.7 Å². The molecule has 0 amide bonds. The molecule has 1 saturated carbocycles. The lowest BCUT2D eigenvalue weighted by atomic mass is 10.4. The SMILES string of the molecule is O=C(O)c1c(Cl)nc(Br)n1C1CC1. The fourth-order valence-electron chi connectivity index (χ4n) is 1.24. The molecule has 0 radical (unpaired) electrons. The summed E-state index contributed by atoms with van der Waals surface area (Å²) in [5, 5.41) is 8.92. The smallest absolute Gasteiger partial charge is 0.355 e. The summed E-state index contributed by atoms with van der Waals surface area (Å²) < 4.78 is 2.13. The van der Waals surface area contributed by atoms with Crippen LogP contribution in [0.5, 0.6) is 0 Å². The van der Waals surface area contributed by atoms with Gasteiger partial charge in [0.1, 0.15) is 0 Å². The molecule has 0 atom stereocenters. The monoisotopic (exact) mass is 264 g/mol. The molecule has 2 rings (SSSR count). The highest BCUT2D eigenvalue weighted by Gasteiger charge is 2.32. The van der Waals surface area contributed by atoms with Crippen molar-refractivity contribution >= 4 is 33.5 Å². The maximum atomic E-state index is 10.8. The number of aromatic nitrogens is 2. The number of imidazole rings is 1. The van der Waals surface area contributed by atoms with Crippen LogP contribution in [0.3, 0.4) is 0 Å². The summed E-state index contributed by atoms with van der Waals surface area (Å²) in [6.07, 6.45) is 1.98. The van der Waals surface area contributed by atoms with Crippen molar-refractivity contribution in [2.24, 2.45) is 0 Å². The summed E-state index contributed by atoms with van der Waals surface area (Å²) in [4.78, 5) is 14.7. The standard InChI is InChI=1S/C7H6BrClN2O2/c8-7-10-5(9)4(6(12)13)11(7)3-1-2-3/h3H,1-2H2,(H,12,13). The zero-order valence-corrected chi connectivity index (χ0v) is 8.84. The number of hydrogen-bond acceptors (Lipinski definition) is 2. The minimum atomic E-state index is -1.03. The molecule has 1 aliphatic rings. The van der Waals surface area contributed by atoms with E-state index in [1.54, 1.807) is 4.57 Å². The molecule has 0 spiro atoms. The fraction of sp³-hybridized carbons (Fsp3) is 0.429. The van der Waals surface area contributed by atoms with Gasteiger partial charge in [-0.25, -0.2) is 9.78 Å². The van der Waals surface area contributed by atoms with Crippen LogP contribution in [-0.4, -0.2) is 20.6 Å². The number of rotatable bonds is 2. The molecule has 0 aromatic carbocycles. The zero-order valence-electron chi connectivity index (χ0n) is 6.50. The second-order valence-electron chi connectivity index (χ2n) is 2.93. The predicted molar refractivity (Wildman–Crippen MR) is 50.2 cm³/mol. The van der Waals surface area contributed by atoms with E-state index in [1.165, 1.54) is 0 Å². The van der Waals surface area contributed by atoms with Gasteiger partial charge in [-0.15, -0.1) is 0 Å². The number of nitrogens with zero attached hydrogens (tertiary/aromatic N) is 2. The maximum Gasteiger partial charge on any atom is 0.355 e. The highest BCUT2D eigenvalue weighted by Crippen LogP contribution is 2.40. The Bertz CT molecular complexity index is 373. The molecule has 0 aliphatic heterocycles. The number of carbonyl (C=O) groups is 1. The van der Waals surface area contributed by atoms with E-state index in [1.807, 2.05) is 0 Å². The first-order valence-corrected chi connectivity index (χ1v) is 4.95. The van der Waals surface area contributed by atoms with Crippen molar-refractivity contribution in [1.29, 1.82) is 0 Å². The van der Waals surface area contributed by atoms with Gasteiger partial charge in [-0.2, -0.15) is 0 Å². The summed E-state index contributed by atoms with van der Waals surface area (Å²) in [5.41, 5.74) is 0.0797. The normalized spacial score (nSPS) is 16.2. The number of aromatic carboxylic acids is 1. The van der Waals surface area contributed by atoms with E-state index in [9.17, 15) is 4.79 Å². The van der Waals surface area contributed by atoms with Gasteiger partial charge in [0.25, 0.3) is 0 Å². The number of carboxylic acids is 1. The molecule has 0 bridgehead atoms. The van der Waals surface area contributed by atoms with Crippen LogP contribution in [-0.2, 0) is 0 Å². The van der Waals surface area contributed by atoms with Crippen molar-refractivity contribution in [3.63, 3.8) is 0 Å². The summed E-state index contributed by atoms with van der Waals surface area (Å²) >= 11 is 8.86. The highest BCUT2D eigenvalue weighted by molar-refractivity contribution is 9.10. The molecule has 1 fully saturated rings. The van der Waals surface area contributed by atoms with E-state index in [-0.39, 0.29) is 16.9 Å². The maximum absolute atomic E-state index is 10.8. The van der Waals surface area contributed by atoms with Crippen LogP contribution in [0.15, 0.2) is 4.73 Å². The van der Waals surface area contributed by atoms with Crippen molar-refractivity contribution in [1.82, 2.24) is 9.55 Å². The molecule has 0 unspecified atom stereocenters. The van der Waals surface area contributed by atoms with Gasteiger partial charge in [0.2, 0.25) is 0 Å². The van der Waals surface area contributed by atoms with Gasteiger partial charge < -0.3 is 9.67 Å². The summed E-state index contributed by atoms with van der Waals surface area (Å²) in [6.45, 7) is 0. The van der Waals surface area contributed by atoms with Crippen LogP contribution >= 0.6 is 27.5 Å². The lowest BCUT2D eigenvalue weighted by Gasteiger charge is -2.03. The van der Waals surface area contributed by atoms with Gasteiger partial charge >= 0.3 is 5.97 Å². The van der Waals surface area contributed by atoms with Crippen LogP contribution in [0.25, 0.3) is 0 Å². The molecule has 1 aromatic rings. The average Bonchev–Trinajstić information content (AvgIpc) is 2.77. The summed E-state index contributed by atoms with van der Waals surface area (Å²) in [7, 11) is 0. The van der Waals surface area contributed by atoms with Crippen LogP contribution in [0.1, 0.15) is 29.4 Å². The predicted octanol–water partition coefficient (Wildman–Crippen LogP) is 2.33. The minimum Gasteiger partial charge on any atom is -0.476 e. The van der Waals surface area contributed by atoms with Gasteiger partial charge in [0.15, 0.2) is 15.6 Å². The van der Waals surface area contributed by atoms with Crippen molar-refractivity contribution in [3.8, 4) is 0 Å². The fourth-order valence-corrected chi connectivity index (χ4v) is 2.23. The first-order valence-electron chi connectivity index (χ1n) is 3.77. The Kier molecular flexibility index (Phi) is 2.08. The average molecular weight is 265 g/mol. The second-order valence-corrected chi connectivity index (χ2v) is 3.99. The van der Waals surface area contributed by atoms with Crippen LogP contribution in [0.2, 0.25) is 5.15 Å². The van der Waals surface area contributed by atoms with Crippen molar-refractivity contribution in [2.45, 2.75) is 18.9 Å². The van der Waals surface area contributed by atoms with E-state index in [2.05, 4.69) is 20.9 Å². The molecular weight excluding hydrogens is 259 g/mol. The number of halogens is 2. The molecule has 70 valence electrons. The van der Waals surface area contributed by atoms with Crippen LogP contribution < -0.4 is 0 Å². The van der Waals surface area contributed by atoms with Gasteiger partial charge in [0, 0.05) is 6.04 Å². The summed E-state index contributed by atoms with van der Waals surface area (Å²) in [6, 6.07) is 0.250. The Morgan fingerprint density at radius 2 is 2.31 bits per heavy atom. The Hall–Kier alpha value is -0.550. The molecule has 1 aliphatic carbocycles. The first kappa shape index (κ1) is 9.02. The molecular formula is C7H6BrClN2O2. The van der Waals surface area contributed by atoms with E-state index in [0.717, 1.165) is 12.8 Å². The molecule has 4 nitrogen and oxygen atoms in total. The largest absolute Gasteiger partial charge is 0.476 e. The molecule has 1 N–H and O–H groups in total. The summed E-state index contributed by atoms with van der Waals surface area (Å²) in [5.74, 6) is -1.03. The Balaban J connectivity index is 2.56. The Morgan fingerprint density at radius 1 is 1.69 bits per heavy atom. The van der Waals surface area contributed by atoms with E-state index >= 15 is 0 Å². The van der Waals surface area contributed by atoms with Gasteiger partial charge in [-0.05, 0) is 28.8 Å². The number of hydrogen-bond donors (Lipinski definition) is 1. The zero-order chi connectivity index (χ0) is 9.59. The molecule has 6 heteroatoms. The van der Waals surface area contributed by atoms with Crippen molar-refractivity contribution < 1.29 is 9.90 Å². The van der Waals surface area contributed by atoms with Crippen molar-refractivity contribution in [2.75, 3.05) is 0 Å². The molecule has 13 heavy (non-hydrogen) atoms. The first-order chi connectivity index (χ1) is 6.11. The second kappa shape index (κ2) is 2.99. The van der Waals surface area contributed by atoms with E-state index in [0.29, 0.717) is 4.73 Å². The molecule has 1 heterocycles. The third-order valence-electron chi connectivity index (χ3n) is 1.94. The highest BCUT2D eigenvalue weighted by atomic mass is 79.9. The van der Waals surface area contributed by atoms with E-state index in [4.69, 9.17) is 16.7 Å². The van der Waals surface area contributed by atoms with E-state index < -0.39 is 5.97 Å². The van der Waals surface area contributed by atoms with Gasteiger partial charge in [-0.1, -0.05) is 11.6 Å². The lowest BCUT2D eigenvalue weighted by Crippen LogP contribution is -2.07. The topological polar surface area (TPSA) is 55.1 Å². The molecule has 0 saturated heterocycles. The van der Waals surface area contributed by atoms with Crippen molar-refractivity contribution in [3.05, 3.63) is 15.6 Å². The third kappa shape index (κ3) is 1.46. The number of carboxylic acid groups (broad SMARTS) is 1. The third-order valence-corrected chi connectivity index (χ3v) is 2.76. The quantitative estimate of drug-likeness (QED) is 0.893. The molecule has 1 aromatic heterocycles.